The van der Waals surface area contributed by atoms with Gasteiger partial charge in [0.2, 0.25) is 0 Å². The zero-order valence-corrected chi connectivity index (χ0v) is 8.95. The van der Waals surface area contributed by atoms with Crippen LogP contribution in [-0.4, -0.2) is 85.0 Å². The molecule has 1 rings (SSSR count). The van der Waals surface area contributed by atoms with Crippen LogP contribution in [-0.2, 0) is 14.3 Å². The van der Waals surface area contributed by atoms with Gasteiger partial charge in [0.05, 0.1) is 6.61 Å². The molecular weight excluding hydrogens is 256 g/mol. The SMILES string of the molecule is O=C(O)C(=O)O.OC[C@@H]1O[C@H](O)[C@@H](O)[C@H](O)[C@@H]1O. The summed E-state index contributed by atoms with van der Waals surface area (Å²) in [6.07, 6.45) is -7.04. The molecule has 1 fully saturated rings. The van der Waals surface area contributed by atoms with Crippen LogP contribution in [0.15, 0.2) is 0 Å². The fourth-order valence-electron chi connectivity index (χ4n) is 1.08. The van der Waals surface area contributed by atoms with E-state index in [-0.39, 0.29) is 0 Å². The first-order valence-corrected chi connectivity index (χ1v) is 4.67. The molecule has 10 nitrogen and oxygen atoms in total. The summed E-state index contributed by atoms with van der Waals surface area (Å²) < 4.78 is 4.58. The van der Waals surface area contributed by atoms with Gasteiger partial charge in [0, 0.05) is 0 Å². The number of carbonyl (C=O) groups is 2. The molecule has 1 aliphatic rings. The zero-order chi connectivity index (χ0) is 14.5. The van der Waals surface area contributed by atoms with Gasteiger partial charge in [-0.3, -0.25) is 0 Å². The lowest BCUT2D eigenvalue weighted by Crippen LogP contribution is -2.58. The second kappa shape index (κ2) is 7.20. The fraction of sp³-hybridized carbons (Fsp3) is 0.750. The van der Waals surface area contributed by atoms with Gasteiger partial charge in [0.15, 0.2) is 6.29 Å². The molecule has 0 aromatic heterocycles. The van der Waals surface area contributed by atoms with Crippen molar-refractivity contribution >= 4 is 11.9 Å². The average Bonchev–Trinajstić information content (AvgIpc) is 2.31. The molecule has 10 heteroatoms. The van der Waals surface area contributed by atoms with Crippen molar-refractivity contribution in [1.82, 2.24) is 0 Å². The summed E-state index contributed by atoms with van der Waals surface area (Å²) in [5, 5.41) is 59.4. The van der Waals surface area contributed by atoms with E-state index >= 15 is 0 Å². The first kappa shape index (κ1) is 16.7. The maximum Gasteiger partial charge on any atom is 0.414 e. The third-order valence-electron chi connectivity index (χ3n) is 2.05. The van der Waals surface area contributed by atoms with Crippen molar-refractivity contribution in [3.05, 3.63) is 0 Å². The largest absolute Gasteiger partial charge is 0.473 e. The van der Waals surface area contributed by atoms with E-state index in [1.54, 1.807) is 0 Å². The van der Waals surface area contributed by atoms with Gasteiger partial charge in [-0.05, 0) is 0 Å². The van der Waals surface area contributed by atoms with Crippen LogP contribution in [0.4, 0.5) is 0 Å². The van der Waals surface area contributed by atoms with Crippen LogP contribution in [0.1, 0.15) is 0 Å². The van der Waals surface area contributed by atoms with E-state index in [2.05, 4.69) is 4.74 Å². The van der Waals surface area contributed by atoms with E-state index in [1.807, 2.05) is 0 Å². The van der Waals surface area contributed by atoms with Crippen LogP contribution >= 0.6 is 0 Å². The van der Waals surface area contributed by atoms with Crippen LogP contribution < -0.4 is 0 Å². The number of rotatable bonds is 1. The molecule has 106 valence electrons. The van der Waals surface area contributed by atoms with Gasteiger partial charge in [-0.15, -0.1) is 0 Å². The molecule has 18 heavy (non-hydrogen) atoms. The van der Waals surface area contributed by atoms with Gasteiger partial charge in [-0.25, -0.2) is 9.59 Å². The van der Waals surface area contributed by atoms with Crippen molar-refractivity contribution in [1.29, 1.82) is 0 Å². The Morgan fingerprint density at radius 3 is 1.67 bits per heavy atom. The predicted molar refractivity (Wildman–Crippen MR) is 51.3 cm³/mol. The fourth-order valence-corrected chi connectivity index (χ4v) is 1.08. The van der Waals surface area contributed by atoms with E-state index in [0.29, 0.717) is 0 Å². The minimum atomic E-state index is -1.82. The monoisotopic (exact) mass is 270 g/mol. The van der Waals surface area contributed by atoms with E-state index in [0.717, 1.165) is 0 Å². The van der Waals surface area contributed by atoms with Gasteiger partial charge in [-0.2, -0.15) is 0 Å². The van der Waals surface area contributed by atoms with Gasteiger partial charge < -0.3 is 40.5 Å². The number of ether oxygens (including phenoxy) is 1. The predicted octanol–water partition coefficient (Wildman–Crippen LogP) is -4.07. The summed E-state index contributed by atoms with van der Waals surface area (Å²) in [5.41, 5.74) is 0. The van der Waals surface area contributed by atoms with E-state index in [4.69, 9.17) is 45.3 Å². The van der Waals surface area contributed by atoms with Crippen molar-refractivity contribution in [2.75, 3.05) is 6.61 Å². The van der Waals surface area contributed by atoms with Crippen LogP contribution in [0.3, 0.4) is 0 Å². The quantitative estimate of drug-likeness (QED) is 0.231. The zero-order valence-electron chi connectivity index (χ0n) is 8.95. The molecule has 0 spiro atoms. The highest BCUT2D eigenvalue weighted by Crippen LogP contribution is 2.18. The van der Waals surface area contributed by atoms with Crippen LogP contribution in [0.25, 0.3) is 0 Å². The van der Waals surface area contributed by atoms with Crippen molar-refractivity contribution < 1.29 is 50.1 Å². The standard InChI is InChI=1S/C6H12O6.C2H2O4/c7-1-2-3(8)4(9)5(10)6(11)12-2;3-1(4)2(5)6/h2-11H,1H2;(H,3,4)(H,5,6)/t2-,3+,4+,5-,6-;/m0./s1. The molecule has 0 aromatic carbocycles. The topological polar surface area (TPSA) is 185 Å². The lowest BCUT2D eigenvalue weighted by atomic mass is 10.00. The van der Waals surface area contributed by atoms with Crippen molar-refractivity contribution in [3.63, 3.8) is 0 Å². The maximum absolute atomic E-state index is 9.12. The van der Waals surface area contributed by atoms with Crippen molar-refractivity contribution in [3.8, 4) is 0 Å². The van der Waals surface area contributed by atoms with Crippen LogP contribution in [0.2, 0.25) is 0 Å². The number of carboxylic acid groups (broad SMARTS) is 2. The lowest BCUT2D eigenvalue weighted by Gasteiger charge is -2.37. The first-order chi connectivity index (χ1) is 8.22. The molecule has 0 aliphatic carbocycles. The highest BCUT2D eigenvalue weighted by Gasteiger charge is 2.42. The second-order valence-corrected chi connectivity index (χ2v) is 3.33. The second-order valence-electron chi connectivity index (χ2n) is 3.33. The first-order valence-electron chi connectivity index (χ1n) is 4.67. The summed E-state index contributed by atoms with van der Waals surface area (Å²) in [7, 11) is 0. The van der Waals surface area contributed by atoms with Crippen LogP contribution in [0.5, 0.6) is 0 Å². The minimum Gasteiger partial charge on any atom is -0.473 e. The molecule has 1 heterocycles. The number of aliphatic carboxylic acids is 2. The normalized spacial score (nSPS) is 35.3. The summed E-state index contributed by atoms with van der Waals surface area (Å²) in [6, 6.07) is 0. The van der Waals surface area contributed by atoms with Gasteiger partial charge in [-0.1, -0.05) is 0 Å². The summed E-state index contributed by atoms with van der Waals surface area (Å²) in [6.45, 7) is -0.526. The maximum atomic E-state index is 9.12. The molecule has 0 radical (unpaired) electrons. The summed E-state index contributed by atoms with van der Waals surface area (Å²) in [5.74, 6) is -3.65. The molecule has 7 N–H and O–H groups in total. The lowest BCUT2D eigenvalue weighted by molar-refractivity contribution is -0.286. The number of aliphatic hydroxyl groups is 5. The average molecular weight is 270 g/mol. The Labute approximate surface area is 100 Å². The highest BCUT2D eigenvalue weighted by atomic mass is 16.6. The molecular formula is C8H14O10. The van der Waals surface area contributed by atoms with Gasteiger partial charge in [0.1, 0.15) is 24.4 Å². The van der Waals surface area contributed by atoms with Crippen molar-refractivity contribution in [2.45, 2.75) is 30.7 Å². The third kappa shape index (κ3) is 4.52. The number of carboxylic acids is 2. The molecule has 1 aliphatic heterocycles. The molecule has 0 unspecified atom stereocenters. The number of aliphatic hydroxyl groups excluding tert-OH is 5. The minimum absolute atomic E-state index is 0.526. The number of hydrogen-bond donors (Lipinski definition) is 7. The molecule has 5 atom stereocenters. The van der Waals surface area contributed by atoms with Crippen molar-refractivity contribution in [2.24, 2.45) is 0 Å². The Kier molecular flexibility index (Phi) is 6.68. The molecule has 0 aromatic rings. The Morgan fingerprint density at radius 1 is 0.889 bits per heavy atom. The number of hydrogen-bond acceptors (Lipinski definition) is 8. The summed E-state index contributed by atoms with van der Waals surface area (Å²) in [4.78, 5) is 18.2. The molecule has 0 amide bonds. The third-order valence-corrected chi connectivity index (χ3v) is 2.05. The van der Waals surface area contributed by atoms with E-state index < -0.39 is 49.3 Å². The smallest absolute Gasteiger partial charge is 0.414 e. The Bertz CT molecular complexity index is 275. The van der Waals surface area contributed by atoms with E-state index in [1.165, 1.54) is 0 Å². The molecule has 1 saturated heterocycles. The molecule has 0 bridgehead atoms. The summed E-state index contributed by atoms with van der Waals surface area (Å²) >= 11 is 0. The highest BCUT2D eigenvalue weighted by molar-refractivity contribution is 6.27. The Morgan fingerprint density at radius 2 is 1.33 bits per heavy atom. The van der Waals surface area contributed by atoms with E-state index in [9.17, 15) is 0 Å². The Balaban J connectivity index is 0.000000411. The van der Waals surface area contributed by atoms with Gasteiger partial charge >= 0.3 is 11.9 Å². The van der Waals surface area contributed by atoms with Gasteiger partial charge in [0.25, 0.3) is 0 Å². The molecule has 0 saturated carbocycles. The Hall–Kier alpha value is -1.30. The van der Waals surface area contributed by atoms with Crippen LogP contribution in [0, 0.1) is 0 Å².